The van der Waals surface area contributed by atoms with Gasteiger partial charge in [0.15, 0.2) is 0 Å². The van der Waals surface area contributed by atoms with Gasteiger partial charge in [0.2, 0.25) is 0 Å². The predicted octanol–water partition coefficient (Wildman–Crippen LogP) is 4.01. The van der Waals surface area contributed by atoms with Gasteiger partial charge in [0, 0.05) is 0 Å². The number of hydrogen-bond donors (Lipinski definition) is 0. The maximum absolute atomic E-state index is 12.0. The molecule has 0 spiro atoms. The number of thioether (sulfide) groups is 1. The lowest BCUT2D eigenvalue weighted by Crippen LogP contribution is -2.13. The Hall–Kier alpha value is -1.65. The quantitative estimate of drug-likeness (QED) is 0.630. The molecule has 102 valence electrons. The van der Waals surface area contributed by atoms with E-state index in [-0.39, 0.29) is 5.97 Å². The zero-order chi connectivity index (χ0) is 14.4. The van der Waals surface area contributed by atoms with Crippen LogP contribution < -0.4 is 0 Å². The van der Waals surface area contributed by atoms with Gasteiger partial charge in [0.25, 0.3) is 0 Å². The number of ether oxygens (including phenoxy) is 1. The van der Waals surface area contributed by atoms with E-state index in [1.54, 1.807) is 0 Å². The normalized spacial score (nSPS) is 11.7. The average molecular weight is 302 g/mol. The van der Waals surface area contributed by atoms with Crippen LogP contribution in [0.1, 0.15) is 16.4 Å². The van der Waals surface area contributed by atoms with E-state index in [2.05, 4.69) is 0 Å². The van der Waals surface area contributed by atoms with Crippen molar-refractivity contribution in [1.29, 1.82) is 0 Å². The lowest BCUT2D eigenvalue weighted by molar-refractivity contribution is -0.140. The van der Waals surface area contributed by atoms with Gasteiger partial charge in [0.1, 0.15) is 5.25 Å². The van der Waals surface area contributed by atoms with Crippen LogP contribution in [0.4, 0.5) is 0 Å². The fourth-order valence-electron chi connectivity index (χ4n) is 1.74. The standard InChI is InChI=1S/C16H14O2S2/c1-18-15(17)14(12-8-4-2-5-9-12)20-16(19)13-10-6-3-7-11-13/h2-11,14H,1H3. The summed E-state index contributed by atoms with van der Waals surface area (Å²) in [5.41, 5.74) is 1.83. The molecule has 0 heterocycles. The zero-order valence-electron chi connectivity index (χ0n) is 11.0. The van der Waals surface area contributed by atoms with Crippen molar-refractivity contribution in [1.82, 2.24) is 0 Å². The van der Waals surface area contributed by atoms with Crippen molar-refractivity contribution in [3.05, 3.63) is 71.8 Å². The SMILES string of the molecule is COC(=O)C(SC(=S)c1ccccc1)c1ccccc1. The summed E-state index contributed by atoms with van der Waals surface area (Å²) in [6, 6.07) is 19.2. The van der Waals surface area contributed by atoms with E-state index in [1.807, 2.05) is 60.7 Å². The summed E-state index contributed by atoms with van der Waals surface area (Å²) in [7, 11) is 1.39. The number of carbonyl (C=O) groups excluding carboxylic acids is 1. The Bertz CT molecular complexity index is 582. The number of thiocarbonyl (C=S) groups is 1. The smallest absolute Gasteiger partial charge is 0.323 e. The Labute approximate surface area is 128 Å². The maximum Gasteiger partial charge on any atom is 0.323 e. The first-order valence-electron chi connectivity index (χ1n) is 6.11. The molecule has 0 amide bonds. The van der Waals surface area contributed by atoms with E-state index in [0.717, 1.165) is 11.1 Å². The Morgan fingerprint density at radius 2 is 1.60 bits per heavy atom. The first-order chi connectivity index (χ1) is 9.72. The molecule has 1 unspecified atom stereocenters. The molecule has 20 heavy (non-hydrogen) atoms. The van der Waals surface area contributed by atoms with E-state index < -0.39 is 5.25 Å². The average Bonchev–Trinajstić information content (AvgIpc) is 2.53. The van der Waals surface area contributed by atoms with E-state index >= 15 is 0 Å². The number of benzene rings is 2. The van der Waals surface area contributed by atoms with Crippen molar-refractivity contribution in [2.24, 2.45) is 0 Å². The van der Waals surface area contributed by atoms with Crippen molar-refractivity contribution in [3.8, 4) is 0 Å². The van der Waals surface area contributed by atoms with Crippen LogP contribution in [0.25, 0.3) is 0 Å². The second-order valence-corrected chi connectivity index (χ2v) is 5.87. The van der Waals surface area contributed by atoms with Crippen molar-refractivity contribution >= 4 is 34.1 Å². The van der Waals surface area contributed by atoms with Gasteiger partial charge in [-0.05, 0) is 11.1 Å². The topological polar surface area (TPSA) is 26.3 Å². The van der Waals surface area contributed by atoms with Crippen LogP contribution in [-0.4, -0.2) is 17.3 Å². The number of rotatable bonds is 4. The highest BCUT2D eigenvalue weighted by molar-refractivity contribution is 8.24. The number of carbonyl (C=O) groups is 1. The molecule has 0 saturated carbocycles. The Balaban J connectivity index is 2.21. The lowest BCUT2D eigenvalue weighted by Gasteiger charge is -2.15. The molecular weight excluding hydrogens is 288 g/mol. The third-order valence-electron chi connectivity index (χ3n) is 2.75. The molecule has 4 heteroatoms. The molecule has 1 atom stereocenters. The highest BCUT2D eigenvalue weighted by Gasteiger charge is 2.24. The first kappa shape index (κ1) is 14.8. The summed E-state index contributed by atoms with van der Waals surface area (Å²) in [4.78, 5) is 12.0. The lowest BCUT2D eigenvalue weighted by atomic mass is 10.1. The summed E-state index contributed by atoms with van der Waals surface area (Å²) in [6.07, 6.45) is 0. The molecule has 0 aromatic heterocycles. The zero-order valence-corrected chi connectivity index (χ0v) is 12.6. The number of methoxy groups -OCH3 is 1. The largest absolute Gasteiger partial charge is 0.468 e. The van der Waals surface area contributed by atoms with Crippen LogP contribution in [0, 0.1) is 0 Å². The number of esters is 1. The first-order valence-corrected chi connectivity index (χ1v) is 7.40. The van der Waals surface area contributed by atoms with Crippen molar-refractivity contribution in [3.63, 3.8) is 0 Å². The molecule has 0 aliphatic heterocycles. The molecule has 0 radical (unpaired) electrons. The molecule has 0 saturated heterocycles. The summed E-state index contributed by atoms with van der Waals surface area (Å²) >= 11 is 6.76. The van der Waals surface area contributed by atoms with Gasteiger partial charge in [-0.25, -0.2) is 0 Å². The van der Waals surface area contributed by atoms with Gasteiger partial charge in [-0.3, -0.25) is 4.79 Å². The van der Waals surface area contributed by atoms with E-state index in [0.29, 0.717) is 4.20 Å². The van der Waals surface area contributed by atoms with Crippen LogP contribution >= 0.6 is 24.0 Å². The highest BCUT2D eigenvalue weighted by Crippen LogP contribution is 2.33. The Kier molecular flexibility index (Phi) is 5.32. The second-order valence-electron chi connectivity index (χ2n) is 4.09. The molecule has 2 rings (SSSR count). The van der Waals surface area contributed by atoms with Crippen LogP contribution in [0.15, 0.2) is 60.7 Å². The van der Waals surface area contributed by atoms with Gasteiger partial charge >= 0.3 is 5.97 Å². The third kappa shape index (κ3) is 3.68. The fourth-order valence-corrected chi connectivity index (χ4v) is 3.13. The number of hydrogen-bond acceptors (Lipinski definition) is 4. The molecular formula is C16H14O2S2. The molecule has 2 aromatic carbocycles. The summed E-state index contributed by atoms with van der Waals surface area (Å²) in [5.74, 6) is -0.292. The molecule has 0 aliphatic rings. The van der Waals surface area contributed by atoms with E-state index in [4.69, 9.17) is 17.0 Å². The summed E-state index contributed by atoms with van der Waals surface area (Å²) in [6.45, 7) is 0. The van der Waals surface area contributed by atoms with Gasteiger partial charge in [-0.2, -0.15) is 0 Å². The Morgan fingerprint density at radius 3 is 2.15 bits per heavy atom. The predicted molar refractivity (Wildman–Crippen MR) is 86.9 cm³/mol. The molecule has 0 N–H and O–H groups in total. The summed E-state index contributed by atoms with van der Waals surface area (Å²) in [5, 5.41) is -0.436. The third-order valence-corrected chi connectivity index (χ3v) is 4.43. The highest BCUT2D eigenvalue weighted by atomic mass is 32.2. The minimum atomic E-state index is -0.436. The maximum atomic E-state index is 12.0. The monoisotopic (exact) mass is 302 g/mol. The second kappa shape index (κ2) is 7.22. The van der Waals surface area contributed by atoms with Crippen molar-refractivity contribution in [2.45, 2.75) is 5.25 Å². The molecule has 0 bridgehead atoms. The Morgan fingerprint density at radius 1 is 1.05 bits per heavy atom. The van der Waals surface area contributed by atoms with Gasteiger partial charge < -0.3 is 4.74 Å². The van der Waals surface area contributed by atoms with Gasteiger partial charge in [0.05, 0.1) is 11.3 Å². The van der Waals surface area contributed by atoms with Crippen molar-refractivity contribution in [2.75, 3.05) is 7.11 Å². The van der Waals surface area contributed by atoms with Crippen LogP contribution in [0.5, 0.6) is 0 Å². The fraction of sp³-hybridized carbons (Fsp3) is 0.125. The van der Waals surface area contributed by atoms with E-state index in [1.165, 1.54) is 18.9 Å². The van der Waals surface area contributed by atoms with Crippen LogP contribution in [0.2, 0.25) is 0 Å². The molecule has 2 aromatic rings. The van der Waals surface area contributed by atoms with Gasteiger partial charge in [-0.1, -0.05) is 84.6 Å². The molecule has 2 nitrogen and oxygen atoms in total. The van der Waals surface area contributed by atoms with Crippen molar-refractivity contribution < 1.29 is 9.53 Å². The van der Waals surface area contributed by atoms with Crippen LogP contribution in [-0.2, 0) is 9.53 Å². The minimum absolute atomic E-state index is 0.292. The van der Waals surface area contributed by atoms with E-state index in [9.17, 15) is 4.79 Å². The molecule has 0 fully saturated rings. The van der Waals surface area contributed by atoms with Crippen LogP contribution in [0.3, 0.4) is 0 Å². The van der Waals surface area contributed by atoms with Gasteiger partial charge in [-0.15, -0.1) is 0 Å². The summed E-state index contributed by atoms with van der Waals surface area (Å²) < 4.78 is 5.57. The molecule has 0 aliphatic carbocycles. The minimum Gasteiger partial charge on any atom is -0.468 e.